The van der Waals surface area contributed by atoms with Crippen molar-refractivity contribution in [1.29, 1.82) is 0 Å². The van der Waals surface area contributed by atoms with Crippen molar-refractivity contribution in [2.24, 2.45) is 0 Å². The molecule has 0 saturated heterocycles. The molecule has 1 saturated carbocycles. The molecule has 0 amide bonds. The summed E-state index contributed by atoms with van der Waals surface area (Å²) in [6.07, 6.45) is 11.0. The molecule has 2 rings (SSSR count). The van der Waals surface area contributed by atoms with Gasteiger partial charge in [0.05, 0.1) is 0 Å². The van der Waals surface area contributed by atoms with E-state index in [2.05, 4.69) is 44.2 Å². The Kier molecular flexibility index (Phi) is 5.85. The SMILES string of the molecule is CCCC[PH](CCCC)(OC1CC1)c1ccccc1. The molecule has 2 heteroatoms. The fraction of sp³-hybridized carbons (Fsp3) is 0.647. The third kappa shape index (κ3) is 4.29. The minimum absolute atomic E-state index is 0.584. The minimum atomic E-state index is -1.71. The van der Waals surface area contributed by atoms with E-state index in [-0.39, 0.29) is 0 Å². The normalized spacial score (nSPS) is 16.5. The Morgan fingerprint density at radius 2 is 1.58 bits per heavy atom. The van der Waals surface area contributed by atoms with Gasteiger partial charge in [0, 0.05) is 0 Å². The first-order chi connectivity index (χ1) is 9.30. The molecule has 1 aliphatic carbocycles. The Morgan fingerprint density at radius 1 is 1.00 bits per heavy atom. The van der Waals surface area contributed by atoms with Gasteiger partial charge in [0.15, 0.2) is 0 Å². The summed E-state index contributed by atoms with van der Waals surface area (Å²) in [6.45, 7) is 4.59. The molecule has 0 spiro atoms. The van der Waals surface area contributed by atoms with Gasteiger partial charge in [-0.15, -0.1) is 0 Å². The van der Waals surface area contributed by atoms with E-state index in [1.54, 1.807) is 0 Å². The fourth-order valence-electron chi connectivity index (χ4n) is 2.77. The molecule has 1 nitrogen and oxygen atoms in total. The number of hydrogen-bond acceptors (Lipinski definition) is 1. The van der Waals surface area contributed by atoms with E-state index in [1.165, 1.54) is 56.2 Å². The monoisotopic (exact) mass is 280 g/mol. The van der Waals surface area contributed by atoms with E-state index < -0.39 is 7.49 Å². The fourth-order valence-corrected chi connectivity index (χ4v) is 7.49. The molecular formula is C17H29OP. The van der Waals surface area contributed by atoms with E-state index in [0.717, 1.165) is 0 Å². The second-order valence-electron chi connectivity index (χ2n) is 5.88. The van der Waals surface area contributed by atoms with Crippen LogP contribution in [-0.2, 0) is 4.52 Å². The number of rotatable bonds is 9. The van der Waals surface area contributed by atoms with Crippen LogP contribution in [0.1, 0.15) is 52.4 Å². The van der Waals surface area contributed by atoms with Crippen LogP contribution in [0, 0.1) is 0 Å². The van der Waals surface area contributed by atoms with Crippen molar-refractivity contribution in [3.8, 4) is 0 Å². The second-order valence-corrected chi connectivity index (χ2v) is 9.69. The van der Waals surface area contributed by atoms with Crippen molar-refractivity contribution < 1.29 is 4.52 Å². The molecule has 0 N–H and O–H groups in total. The summed E-state index contributed by atoms with van der Waals surface area (Å²) < 4.78 is 6.68. The molecule has 108 valence electrons. The van der Waals surface area contributed by atoms with Crippen molar-refractivity contribution in [3.63, 3.8) is 0 Å². The average molecular weight is 280 g/mol. The maximum atomic E-state index is 6.68. The Hall–Kier alpha value is -0.390. The van der Waals surface area contributed by atoms with Crippen LogP contribution in [0.3, 0.4) is 0 Å². The summed E-state index contributed by atoms with van der Waals surface area (Å²) in [6, 6.07) is 11.1. The molecule has 0 aromatic heterocycles. The van der Waals surface area contributed by atoms with E-state index >= 15 is 0 Å². The van der Waals surface area contributed by atoms with Crippen LogP contribution in [0.2, 0.25) is 0 Å². The molecule has 1 aromatic rings. The number of benzene rings is 1. The molecule has 0 aliphatic heterocycles. The van der Waals surface area contributed by atoms with Gasteiger partial charge < -0.3 is 0 Å². The topological polar surface area (TPSA) is 9.23 Å². The Balaban J connectivity index is 2.20. The summed E-state index contributed by atoms with van der Waals surface area (Å²) in [7, 11) is -1.71. The second kappa shape index (κ2) is 7.41. The summed E-state index contributed by atoms with van der Waals surface area (Å²) in [5, 5.41) is 1.53. The summed E-state index contributed by atoms with van der Waals surface area (Å²) in [5.41, 5.74) is 0. The van der Waals surface area contributed by atoms with Gasteiger partial charge in [0.25, 0.3) is 0 Å². The van der Waals surface area contributed by atoms with Gasteiger partial charge in [-0.3, -0.25) is 0 Å². The number of hydrogen-bond donors (Lipinski definition) is 0. The van der Waals surface area contributed by atoms with Crippen LogP contribution in [0.4, 0.5) is 0 Å². The van der Waals surface area contributed by atoms with Crippen molar-refractivity contribution in [2.75, 3.05) is 12.3 Å². The van der Waals surface area contributed by atoms with Crippen LogP contribution >= 0.6 is 7.49 Å². The van der Waals surface area contributed by atoms with E-state index in [0.29, 0.717) is 6.10 Å². The first kappa shape index (κ1) is 15.0. The van der Waals surface area contributed by atoms with Crippen molar-refractivity contribution >= 4 is 12.8 Å². The molecule has 1 aromatic carbocycles. The van der Waals surface area contributed by atoms with Crippen molar-refractivity contribution in [1.82, 2.24) is 0 Å². The Bertz CT molecular complexity index is 351. The molecule has 0 atom stereocenters. The third-order valence-corrected chi connectivity index (χ3v) is 8.58. The first-order valence-corrected chi connectivity index (χ1v) is 10.4. The zero-order chi connectivity index (χ0) is 13.6. The van der Waals surface area contributed by atoms with Crippen molar-refractivity contribution in [2.45, 2.75) is 58.5 Å². The van der Waals surface area contributed by atoms with E-state index in [4.69, 9.17) is 4.52 Å². The van der Waals surface area contributed by atoms with Crippen LogP contribution in [0.25, 0.3) is 0 Å². The molecule has 1 fully saturated rings. The molecule has 19 heavy (non-hydrogen) atoms. The first-order valence-electron chi connectivity index (χ1n) is 8.04. The number of unbranched alkanes of at least 4 members (excludes halogenated alkanes) is 2. The van der Waals surface area contributed by atoms with Gasteiger partial charge in [-0.1, -0.05) is 0 Å². The molecule has 1 aliphatic rings. The maximum absolute atomic E-state index is 6.68. The van der Waals surface area contributed by atoms with Gasteiger partial charge in [-0.2, -0.15) is 0 Å². The van der Waals surface area contributed by atoms with Gasteiger partial charge in [0.1, 0.15) is 0 Å². The molecule has 0 heterocycles. The van der Waals surface area contributed by atoms with Gasteiger partial charge in [0.2, 0.25) is 0 Å². The summed E-state index contributed by atoms with van der Waals surface area (Å²) in [5.74, 6) is 0. The molecule has 0 bridgehead atoms. The van der Waals surface area contributed by atoms with Crippen LogP contribution in [-0.4, -0.2) is 18.4 Å². The van der Waals surface area contributed by atoms with Crippen LogP contribution in [0.5, 0.6) is 0 Å². The standard InChI is InChI=1S/C17H29OP/c1-3-5-14-19(15-6-4-2,18-16-12-13-16)17-10-8-7-9-11-17/h7-11,16,19H,3-6,12-15H2,1-2H3. The quantitative estimate of drug-likeness (QED) is 0.593. The van der Waals surface area contributed by atoms with Gasteiger partial charge in [-0.25, -0.2) is 0 Å². The Morgan fingerprint density at radius 3 is 2.05 bits per heavy atom. The zero-order valence-electron chi connectivity index (χ0n) is 12.5. The summed E-state index contributed by atoms with van der Waals surface area (Å²) in [4.78, 5) is 0. The predicted molar refractivity (Wildman–Crippen MR) is 88.0 cm³/mol. The molecular weight excluding hydrogens is 251 g/mol. The Labute approximate surface area is 119 Å². The van der Waals surface area contributed by atoms with Gasteiger partial charge in [-0.05, 0) is 0 Å². The zero-order valence-corrected chi connectivity index (χ0v) is 13.5. The van der Waals surface area contributed by atoms with Crippen LogP contribution < -0.4 is 5.30 Å². The average Bonchev–Trinajstić information content (AvgIpc) is 3.27. The predicted octanol–water partition coefficient (Wildman–Crippen LogP) is 4.76. The van der Waals surface area contributed by atoms with E-state index in [1.807, 2.05) is 0 Å². The molecule has 0 radical (unpaired) electrons. The molecule has 0 unspecified atom stereocenters. The van der Waals surface area contributed by atoms with Crippen molar-refractivity contribution in [3.05, 3.63) is 30.3 Å². The third-order valence-electron chi connectivity index (χ3n) is 4.08. The summed E-state index contributed by atoms with van der Waals surface area (Å²) >= 11 is 0. The van der Waals surface area contributed by atoms with E-state index in [9.17, 15) is 0 Å². The van der Waals surface area contributed by atoms with Crippen LogP contribution in [0.15, 0.2) is 30.3 Å². The van der Waals surface area contributed by atoms with Gasteiger partial charge >= 0.3 is 118 Å².